The first-order valence-electron chi connectivity index (χ1n) is 9.01. The van der Waals surface area contributed by atoms with E-state index in [-0.39, 0.29) is 5.91 Å². The fourth-order valence-electron chi connectivity index (χ4n) is 2.69. The van der Waals surface area contributed by atoms with Gasteiger partial charge in [-0.1, -0.05) is 0 Å². The molecule has 27 heavy (non-hydrogen) atoms. The molecular formula is C20H24N6O. The van der Waals surface area contributed by atoms with Crippen LogP contribution in [-0.4, -0.2) is 40.1 Å². The lowest BCUT2D eigenvalue weighted by molar-refractivity contribution is 0.0955. The lowest BCUT2D eigenvalue weighted by atomic mass is 10.2. The number of hydrogen-bond acceptors (Lipinski definition) is 5. The molecular weight excluding hydrogens is 340 g/mol. The maximum Gasteiger partial charge on any atom is 0.251 e. The second kappa shape index (κ2) is 8.84. The SMILES string of the molecule is CCNc1cc(NCCNC(=O)c2ccc(-n3cccc3)cc2)nc(C)n1. The molecule has 140 valence electrons. The van der Waals surface area contributed by atoms with Gasteiger partial charge in [0.15, 0.2) is 0 Å². The Bertz CT molecular complexity index is 874. The average Bonchev–Trinajstić information content (AvgIpc) is 3.20. The molecule has 0 aliphatic heterocycles. The van der Waals surface area contributed by atoms with Crippen LogP contribution in [0.5, 0.6) is 0 Å². The van der Waals surface area contributed by atoms with Crippen molar-refractivity contribution in [2.24, 2.45) is 0 Å². The van der Waals surface area contributed by atoms with Gasteiger partial charge in [-0.25, -0.2) is 9.97 Å². The second-order valence-electron chi connectivity index (χ2n) is 6.04. The summed E-state index contributed by atoms with van der Waals surface area (Å²) in [5, 5.41) is 9.29. The largest absolute Gasteiger partial charge is 0.370 e. The topological polar surface area (TPSA) is 83.9 Å². The fourth-order valence-corrected chi connectivity index (χ4v) is 2.69. The van der Waals surface area contributed by atoms with E-state index in [1.54, 1.807) is 0 Å². The predicted octanol–water partition coefficient (Wildman–Crippen LogP) is 2.85. The first kappa shape index (κ1) is 18.4. The van der Waals surface area contributed by atoms with Gasteiger partial charge in [0, 0.05) is 49.3 Å². The number of benzene rings is 1. The third-order valence-corrected chi connectivity index (χ3v) is 3.94. The molecule has 0 aliphatic rings. The highest BCUT2D eigenvalue weighted by Gasteiger charge is 2.06. The smallest absolute Gasteiger partial charge is 0.251 e. The van der Waals surface area contributed by atoms with E-state index in [1.165, 1.54) is 0 Å². The van der Waals surface area contributed by atoms with Gasteiger partial charge < -0.3 is 20.5 Å². The van der Waals surface area contributed by atoms with Crippen molar-refractivity contribution in [1.82, 2.24) is 19.9 Å². The molecule has 3 N–H and O–H groups in total. The zero-order valence-electron chi connectivity index (χ0n) is 15.6. The van der Waals surface area contributed by atoms with E-state index in [2.05, 4.69) is 25.9 Å². The molecule has 2 heterocycles. The molecule has 0 spiro atoms. The molecule has 0 aliphatic carbocycles. The minimum Gasteiger partial charge on any atom is -0.370 e. The van der Waals surface area contributed by atoms with Crippen LogP contribution < -0.4 is 16.0 Å². The van der Waals surface area contributed by atoms with Crippen molar-refractivity contribution in [2.75, 3.05) is 30.3 Å². The number of anilines is 2. The number of amides is 1. The predicted molar refractivity (Wildman–Crippen MR) is 108 cm³/mol. The number of hydrogen-bond donors (Lipinski definition) is 3. The molecule has 7 nitrogen and oxygen atoms in total. The van der Waals surface area contributed by atoms with Gasteiger partial charge in [-0.05, 0) is 50.2 Å². The molecule has 0 unspecified atom stereocenters. The lowest BCUT2D eigenvalue weighted by Crippen LogP contribution is -2.29. The Morgan fingerprint density at radius 3 is 2.33 bits per heavy atom. The van der Waals surface area contributed by atoms with E-state index in [1.807, 2.05) is 73.3 Å². The lowest BCUT2D eigenvalue weighted by Gasteiger charge is -2.10. The maximum absolute atomic E-state index is 12.3. The highest BCUT2D eigenvalue weighted by molar-refractivity contribution is 5.94. The molecule has 3 aromatic rings. The van der Waals surface area contributed by atoms with Crippen LogP contribution in [0.3, 0.4) is 0 Å². The molecule has 3 rings (SSSR count). The van der Waals surface area contributed by atoms with Gasteiger partial charge in [-0.3, -0.25) is 4.79 Å². The van der Waals surface area contributed by atoms with Crippen molar-refractivity contribution in [2.45, 2.75) is 13.8 Å². The normalized spacial score (nSPS) is 10.4. The standard InChI is InChI=1S/C20H24N6O/c1-3-21-18-14-19(25-15(2)24-18)22-10-11-23-20(27)16-6-8-17(9-7-16)26-12-4-5-13-26/h4-9,12-14H,3,10-11H2,1-2H3,(H,23,27)(H2,21,22,24,25). The summed E-state index contributed by atoms with van der Waals surface area (Å²) < 4.78 is 2.00. The minimum atomic E-state index is -0.0944. The van der Waals surface area contributed by atoms with Crippen molar-refractivity contribution >= 4 is 17.5 Å². The molecule has 0 atom stereocenters. The molecule has 0 radical (unpaired) electrons. The Labute approximate surface area is 158 Å². The zero-order chi connectivity index (χ0) is 19.1. The first-order chi connectivity index (χ1) is 13.2. The van der Waals surface area contributed by atoms with Crippen molar-refractivity contribution < 1.29 is 4.79 Å². The number of carbonyl (C=O) groups is 1. The number of carbonyl (C=O) groups excluding carboxylic acids is 1. The quantitative estimate of drug-likeness (QED) is 0.535. The Morgan fingerprint density at radius 2 is 1.67 bits per heavy atom. The summed E-state index contributed by atoms with van der Waals surface area (Å²) in [6.07, 6.45) is 3.94. The van der Waals surface area contributed by atoms with Gasteiger partial charge >= 0.3 is 0 Å². The fraction of sp³-hybridized carbons (Fsp3) is 0.250. The van der Waals surface area contributed by atoms with Crippen LogP contribution in [-0.2, 0) is 0 Å². The van der Waals surface area contributed by atoms with Gasteiger partial charge in [0.25, 0.3) is 5.91 Å². The highest BCUT2D eigenvalue weighted by Crippen LogP contribution is 2.11. The molecule has 1 aromatic carbocycles. The van der Waals surface area contributed by atoms with Gasteiger partial charge in [-0.15, -0.1) is 0 Å². The van der Waals surface area contributed by atoms with Crippen LogP contribution in [0.25, 0.3) is 5.69 Å². The van der Waals surface area contributed by atoms with Crippen LogP contribution in [0.4, 0.5) is 11.6 Å². The van der Waals surface area contributed by atoms with Crippen molar-refractivity contribution in [3.05, 3.63) is 66.2 Å². The van der Waals surface area contributed by atoms with Gasteiger partial charge in [-0.2, -0.15) is 0 Å². The minimum absolute atomic E-state index is 0.0944. The Balaban J connectivity index is 1.48. The zero-order valence-corrected chi connectivity index (χ0v) is 15.6. The molecule has 2 aromatic heterocycles. The molecule has 0 saturated heterocycles. The van der Waals surface area contributed by atoms with E-state index in [0.29, 0.717) is 24.5 Å². The first-order valence-corrected chi connectivity index (χ1v) is 9.01. The molecule has 0 saturated carbocycles. The summed E-state index contributed by atoms with van der Waals surface area (Å²) >= 11 is 0. The van der Waals surface area contributed by atoms with Crippen molar-refractivity contribution in [1.29, 1.82) is 0 Å². The Morgan fingerprint density at radius 1 is 1.00 bits per heavy atom. The highest BCUT2D eigenvalue weighted by atomic mass is 16.1. The van der Waals surface area contributed by atoms with E-state index in [4.69, 9.17) is 0 Å². The third-order valence-electron chi connectivity index (χ3n) is 3.94. The van der Waals surface area contributed by atoms with Gasteiger partial charge in [0.1, 0.15) is 17.5 Å². The maximum atomic E-state index is 12.3. The molecule has 1 amide bonds. The van der Waals surface area contributed by atoms with E-state index >= 15 is 0 Å². The van der Waals surface area contributed by atoms with E-state index in [0.717, 1.165) is 23.9 Å². The van der Waals surface area contributed by atoms with E-state index in [9.17, 15) is 4.79 Å². The number of nitrogens with one attached hydrogen (secondary N) is 3. The average molecular weight is 364 g/mol. The number of aromatic nitrogens is 3. The summed E-state index contributed by atoms with van der Waals surface area (Å²) in [5.41, 5.74) is 1.66. The summed E-state index contributed by atoms with van der Waals surface area (Å²) in [6.45, 7) is 5.75. The van der Waals surface area contributed by atoms with Gasteiger partial charge in [0.05, 0.1) is 0 Å². The van der Waals surface area contributed by atoms with Crippen LogP contribution in [0.15, 0.2) is 54.9 Å². The Kier molecular flexibility index (Phi) is 6.04. The van der Waals surface area contributed by atoms with Crippen molar-refractivity contribution in [3.63, 3.8) is 0 Å². The molecule has 0 fully saturated rings. The van der Waals surface area contributed by atoms with Crippen LogP contribution in [0, 0.1) is 6.92 Å². The number of rotatable bonds is 8. The van der Waals surface area contributed by atoms with Crippen molar-refractivity contribution in [3.8, 4) is 5.69 Å². The number of nitrogens with zero attached hydrogens (tertiary/aromatic N) is 3. The van der Waals surface area contributed by atoms with Crippen LogP contribution in [0.1, 0.15) is 23.1 Å². The third kappa shape index (κ3) is 5.07. The van der Waals surface area contributed by atoms with Crippen LogP contribution >= 0.6 is 0 Å². The number of aryl methyl sites for hydroxylation is 1. The summed E-state index contributed by atoms with van der Waals surface area (Å²) in [6, 6.07) is 13.3. The monoisotopic (exact) mass is 364 g/mol. The summed E-state index contributed by atoms with van der Waals surface area (Å²) in [5.74, 6) is 2.13. The van der Waals surface area contributed by atoms with Gasteiger partial charge in [0.2, 0.25) is 0 Å². The second-order valence-corrected chi connectivity index (χ2v) is 6.04. The summed E-state index contributed by atoms with van der Waals surface area (Å²) in [4.78, 5) is 20.9. The van der Waals surface area contributed by atoms with Crippen LogP contribution in [0.2, 0.25) is 0 Å². The summed E-state index contributed by atoms with van der Waals surface area (Å²) in [7, 11) is 0. The Hall–Kier alpha value is -3.35. The molecule has 7 heteroatoms. The van der Waals surface area contributed by atoms with E-state index < -0.39 is 0 Å². The molecule has 0 bridgehead atoms.